The van der Waals surface area contributed by atoms with Gasteiger partial charge in [-0.1, -0.05) is 19.3 Å². The topological polar surface area (TPSA) is 112 Å². The SMILES string of the molecule is Cc1ccc(-c2nccc3[nH]c(-c4n[nH]c5cnc(-c6cncc(NC(=O)CC7CCCCC7)c6)cc45)cc23)s1. The lowest BCUT2D eigenvalue weighted by Gasteiger charge is -2.20. The third-order valence-corrected chi connectivity index (χ3v) is 8.75. The van der Waals surface area contributed by atoms with Gasteiger partial charge in [-0.3, -0.25) is 24.8 Å². The summed E-state index contributed by atoms with van der Waals surface area (Å²) in [6.45, 7) is 2.11. The molecule has 0 bridgehead atoms. The molecule has 1 amide bonds. The van der Waals surface area contributed by atoms with Gasteiger partial charge in [0.15, 0.2) is 0 Å². The molecule has 1 aliphatic carbocycles. The van der Waals surface area contributed by atoms with Gasteiger partial charge in [0.25, 0.3) is 0 Å². The molecule has 6 aromatic rings. The summed E-state index contributed by atoms with van der Waals surface area (Å²) in [5.41, 5.74) is 6.82. The van der Waals surface area contributed by atoms with Crippen LogP contribution in [0.2, 0.25) is 0 Å². The zero-order chi connectivity index (χ0) is 27.1. The average Bonchev–Trinajstić information content (AvgIpc) is 3.71. The van der Waals surface area contributed by atoms with Gasteiger partial charge in [0.1, 0.15) is 5.69 Å². The summed E-state index contributed by atoms with van der Waals surface area (Å²) >= 11 is 1.74. The highest BCUT2D eigenvalue weighted by atomic mass is 32.1. The maximum atomic E-state index is 12.7. The highest BCUT2D eigenvalue weighted by Crippen LogP contribution is 2.36. The Labute approximate surface area is 235 Å². The van der Waals surface area contributed by atoms with Crippen molar-refractivity contribution in [3.63, 3.8) is 0 Å². The number of carbonyl (C=O) groups is 1. The van der Waals surface area contributed by atoms with E-state index in [1.807, 2.05) is 24.4 Å². The Kier molecular flexibility index (Phi) is 6.36. The summed E-state index contributed by atoms with van der Waals surface area (Å²) in [6.07, 6.45) is 13.7. The number of rotatable bonds is 6. The lowest BCUT2D eigenvalue weighted by Crippen LogP contribution is -2.18. The Balaban J connectivity index is 1.19. The van der Waals surface area contributed by atoms with Gasteiger partial charge in [-0.15, -0.1) is 11.3 Å². The first kappa shape index (κ1) is 24.7. The van der Waals surface area contributed by atoms with Crippen LogP contribution >= 0.6 is 11.3 Å². The molecule has 8 nitrogen and oxygen atoms in total. The number of hydrogen-bond donors (Lipinski definition) is 3. The third-order valence-electron chi connectivity index (χ3n) is 7.74. The molecular formula is C31H29N7OS. The standard InChI is InChI=1S/C31H29N7OS/c1-18-7-8-28(40-18)31-22-14-26(36-24(22)9-10-33-31)30-23-13-25(34-17-27(23)37-38-30)20-12-21(16-32-15-20)35-29(39)11-19-5-3-2-4-6-19/h7-10,12-17,19,36H,2-6,11H2,1H3,(H,35,39)(H,37,38). The van der Waals surface area contributed by atoms with Gasteiger partial charge in [0.05, 0.1) is 45.6 Å². The molecule has 1 fully saturated rings. The van der Waals surface area contributed by atoms with Crippen molar-refractivity contribution in [2.75, 3.05) is 5.32 Å². The number of anilines is 1. The van der Waals surface area contributed by atoms with E-state index in [9.17, 15) is 4.79 Å². The smallest absolute Gasteiger partial charge is 0.224 e. The Morgan fingerprint density at radius 2 is 1.85 bits per heavy atom. The van der Waals surface area contributed by atoms with E-state index in [1.165, 1.54) is 24.1 Å². The second-order valence-corrected chi connectivity index (χ2v) is 11.9. The van der Waals surface area contributed by atoms with E-state index in [-0.39, 0.29) is 5.91 Å². The molecule has 7 rings (SSSR count). The number of aromatic amines is 2. The van der Waals surface area contributed by atoms with Crippen molar-refractivity contribution < 1.29 is 4.79 Å². The number of amides is 1. The fourth-order valence-corrected chi connectivity index (χ4v) is 6.61. The Morgan fingerprint density at radius 3 is 2.70 bits per heavy atom. The van der Waals surface area contributed by atoms with Crippen LogP contribution < -0.4 is 5.32 Å². The minimum Gasteiger partial charge on any atom is -0.353 e. The number of aryl methyl sites for hydroxylation is 1. The minimum absolute atomic E-state index is 0.0526. The number of nitrogens with one attached hydrogen (secondary N) is 3. The molecule has 1 aliphatic rings. The second-order valence-electron chi connectivity index (χ2n) is 10.6. The van der Waals surface area contributed by atoms with Gasteiger partial charge < -0.3 is 10.3 Å². The van der Waals surface area contributed by atoms with Crippen molar-refractivity contribution in [3.05, 3.63) is 66.1 Å². The molecule has 9 heteroatoms. The molecule has 200 valence electrons. The normalized spacial score (nSPS) is 14.2. The van der Waals surface area contributed by atoms with Gasteiger partial charge in [-0.2, -0.15) is 5.10 Å². The number of nitrogens with zero attached hydrogens (tertiary/aromatic N) is 4. The number of fused-ring (bicyclic) bond motifs is 2. The number of aromatic nitrogens is 6. The first-order valence-corrected chi connectivity index (χ1v) is 14.6. The highest BCUT2D eigenvalue weighted by Gasteiger charge is 2.18. The van der Waals surface area contributed by atoms with Crippen LogP contribution in [0.5, 0.6) is 0 Å². The fraction of sp³-hybridized carbons (Fsp3) is 0.258. The third kappa shape index (κ3) is 4.77. The lowest BCUT2D eigenvalue weighted by molar-refractivity contribution is -0.117. The summed E-state index contributed by atoms with van der Waals surface area (Å²) in [5.74, 6) is 0.538. The minimum atomic E-state index is 0.0526. The van der Waals surface area contributed by atoms with E-state index in [0.717, 1.165) is 67.9 Å². The number of H-pyrrole nitrogens is 2. The number of carbonyl (C=O) groups excluding carboxylic acids is 1. The summed E-state index contributed by atoms with van der Waals surface area (Å²) in [7, 11) is 0. The van der Waals surface area contributed by atoms with Crippen molar-refractivity contribution in [2.24, 2.45) is 5.92 Å². The largest absolute Gasteiger partial charge is 0.353 e. The molecule has 0 spiro atoms. The monoisotopic (exact) mass is 547 g/mol. The Bertz CT molecular complexity index is 1840. The molecule has 0 saturated heterocycles. The molecule has 0 atom stereocenters. The molecule has 0 aromatic carbocycles. The van der Waals surface area contributed by atoms with Gasteiger partial charge in [0, 0.05) is 45.5 Å². The zero-order valence-electron chi connectivity index (χ0n) is 22.2. The summed E-state index contributed by atoms with van der Waals surface area (Å²) in [6, 6.07) is 12.3. The number of hydrogen-bond acceptors (Lipinski definition) is 6. The summed E-state index contributed by atoms with van der Waals surface area (Å²) < 4.78 is 0. The van der Waals surface area contributed by atoms with Crippen molar-refractivity contribution in [2.45, 2.75) is 45.4 Å². The van der Waals surface area contributed by atoms with Crippen LogP contribution in [-0.2, 0) is 4.79 Å². The van der Waals surface area contributed by atoms with Gasteiger partial charge in [0.2, 0.25) is 5.91 Å². The molecule has 0 aliphatic heterocycles. The Hall–Kier alpha value is -4.37. The van der Waals surface area contributed by atoms with Crippen LogP contribution in [0.3, 0.4) is 0 Å². The van der Waals surface area contributed by atoms with E-state index in [1.54, 1.807) is 29.9 Å². The fourth-order valence-electron chi connectivity index (χ4n) is 5.73. The van der Waals surface area contributed by atoms with Crippen LogP contribution in [0.15, 0.2) is 61.2 Å². The van der Waals surface area contributed by atoms with E-state index in [2.05, 4.69) is 60.6 Å². The molecule has 0 unspecified atom stereocenters. The van der Waals surface area contributed by atoms with E-state index < -0.39 is 0 Å². The van der Waals surface area contributed by atoms with Crippen LogP contribution in [0.25, 0.3) is 55.0 Å². The maximum Gasteiger partial charge on any atom is 0.224 e. The predicted octanol–water partition coefficient (Wildman–Crippen LogP) is 7.51. The van der Waals surface area contributed by atoms with Crippen LogP contribution in [0, 0.1) is 12.8 Å². The van der Waals surface area contributed by atoms with Gasteiger partial charge >= 0.3 is 0 Å². The van der Waals surface area contributed by atoms with E-state index in [4.69, 9.17) is 0 Å². The highest BCUT2D eigenvalue weighted by molar-refractivity contribution is 7.15. The first-order chi connectivity index (χ1) is 19.6. The second kappa shape index (κ2) is 10.3. The molecule has 40 heavy (non-hydrogen) atoms. The van der Waals surface area contributed by atoms with Crippen LogP contribution in [0.4, 0.5) is 5.69 Å². The predicted molar refractivity (Wildman–Crippen MR) is 160 cm³/mol. The Morgan fingerprint density at radius 1 is 0.975 bits per heavy atom. The maximum absolute atomic E-state index is 12.7. The summed E-state index contributed by atoms with van der Waals surface area (Å²) in [4.78, 5) is 32.3. The molecule has 0 radical (unpaired) electrons. The average molecular weight is 548 g/mol. The lowest BCUT2D eigenvalue weighted by atomic mass is 9.87. The molecule has 6 aromatic heterocycles. The van der Waals surface area contributed by atoms with Gasteiger partial charge in [-0.25, -0.2) is 0 Å². The van der Waals surface area contributed by atoms with Crippen molar-refractivity contribution in [1.82, 2.24) is 30.1 Å². The zero-order valence-corrected chi connectivity index (χ0v) is 23.0. The van der Waals surface area contributed by atoms with Crippen LogP contribution in [0.1, 0.15) is 43.4 Å². The summed E-state index contributed by atoms with van der Waals surface area (Å²) in [5, 5.41) is 12.8. The molecular weight excluding hydrogens is 518 g/mol. The van der Waals surface area contributed by atoms with Gasteiger partial charge in [-0.05, 0) is 62.1 Å². The number of pyridine rings is 3. The van der Waals surface area contributed by atoms with Crippen molar-refractivity contribution in [3.8, 4) is 33.2 Å². The molecule has 3 N–H and O–H groups in total. The van der Waals surface area contributed by atoms with E-state index >= 15 is 0 Å². The van der Waals surface area contributed by atoms with E-state index in [0.29, 0.717) is 18.0 Å². The van der Waals surface area contributed by atoms with Crippen molar-refractivity contribution >= 4 is 44.7 Å². The number of thiophene rings is 1. The quantitative estimate of drug-likeness (QED) is 0.200. The molecule has 1 saturated carbocycles. The first-order valence-electron chi connectivity index (χ1n) is 13.7. The van der Waals surface area contributed by atoms with Crippen molar-refractivity contribution in [1.29, 1.82) is 0 Å². The molecule has 6 heterocycles. The van der Waals surface area contributed by atoms with Crippen LogP contribution in [-0.4, -0.2) is 36.0 Å².